The summed E-state index contributed by atoms with van der Waals surface area (Å²) in [5.41, 5.74) is 0.837. The third kappa shape index (κ3) is 5.61. The number of nitrogens with zero attached hydrogens (tertiary/aromatic N) is 1. The van der Waals surface area contributed by atoms with Crippen LogP contribution in [0.3, 0.4) is 0 Å². The fourth-order valence-electron chi connectivity index (χ4n) is 0.711. The number of nitro groups is 1. The Hall–Kier alpha value is -1.64. The fourth-order valence-corrected chi connectivity index (χ4v) is 0.711. The minimum atomic E-state index is -0.479. The van der Waals surface area contributed by atoms with Crippen molar-refractivity contribution in [2.24, 2.45) is 0 Å². The third-order valence-electron chi connectivity index (χ3n) is 1.19. The Bertz CT molecular complexity index is 268. The molecule has 0 fully saturated rings. The summed E-state index contributed by atoms with van der Waals surface area (Å²) in [6.07, 6.45) is 2.38. The van der Waals surface area contributed by atoms with Crippen molar-refractivity contribution < 1.29 is 4.92 Å². The highest BCUT2D eigenvalue weighted by atomic mass is 16.6. The van der Waals surface area contributed by atoms with Gasteiger partial charge in [-0.05, 0) is 5.56 Å². The predicted octanol–water partition coefficient (Wildman–Crippen LogP) is 2.96. The smallest absolute Gasteiger partial charge is 0.235 e. The van der Waals surface area contributed by atoms with E-state index < -0.39 is 4.92 Å². The lowest BCUT2D eigenvalue weighted by molar-refractivity contribution is -0.400. The monoisotopic (exact) mass is 179 g/mol. The first kappa shape index (κ1) is 11.4. The summed E-state index contributed by atoms with van der Waals surface area (Å²) < 4.78 is 0. The van der Waals surface area contributed by atoms with Crippen LogP contribution in [0.2, 0.25) is 0 Å². The number of rotatable bonds is 2. The lowest BCUT2D eigenvalue weighted by Crippen LogP contribution is -1.81. The van der Waals surface area contributed by atoms with Crippen LogP contribution in [0.5, 0.6) is 0 Å². The van der Waals surface area contributed by atoms with Gasteiger partial charge in [0.25, 0.3) is 0 Å². The molecule has 0 saturated carbocycles. The van der Waals surface area contributed by atoms with Crippen LogP contribution in [0.25, 0.3) is 6.08 Å². The molecule has 0 heterocycles. The zero-order valence-corrected chi connectivity index (χ0v) is 7.81. The van der Waals surface area contributed by atoms with E-state index in [2.05, 4.69) is 0 Å². The lowest BCUT2D eigenvalue weighted by atomic mass is 10.2. The molecule has 0 unspecified atom stereocenters. The van der Waals surface area contributed by atoms with Gasteiger partial charge in [0, 0.05) is 6.08 Å². The van der Waals surface area contributed by atoms with Gasteiger partial charge < -0.3 is 0 Å². The van der Waals surface area contributed by atoms with E-state index in [1.165, 1.54) is 6.08 Å². The van der Waals surface area contributed by atoms with Gasteiger partial charge in [0.2, 0.25) is 6.20 Å². The Kier molecular flexibility index (Phi) is 6.15. The zero-order valence-electron chi connectivity index (χ0n) is 7.81. The molecule has 0 spiro atoms. The van der Waals surface area contributed by atoms with Gasteiger partial charge in [-0.1, -0.05) is 44.2 Å². The summed E-state index contributed by atoms with van der Waals surface area (Å²) in [6, 6.07) is 9.14. The Labute approximate surface area is 77.9 Å². The van der Waals surface area contributed by atoms with Gasteiger partial charge >= 0.3 is 0 Å². The molecule has 70 valence electrons. The van der Waals surface area contributed by atoms with Crippen molar-refractivity contribution in [2.75, 3.05) is 0 Å². The maximum Gasteiger partial charge on any atom is 0.235 e. The van der Waals surface area contributed by atoms with E-state index in [0.29, 0.717) is 0 Å². The molecule has 0 radical (unpaired) electrons. The van der Waals surface area contributed by atoms with Crippen LogP contribution in [0, 0.1) is 10.1 Å². The first-order valence-electron chi connectivity index (χ1n) is 4.16. The second-order valence-electron chi connectivity index (χ2n) is 2.01. The van der Waals surface area contributed by atoms with Crippen LogP contribution in [-0.2, 0) is 0 Å². The second kappa shape index (κ2) is 7.03. The molecule has 3 heteroatoms. The summed E-state index contributed by atoms with van der Waals surface area (Å²) >= 11 is 0. The summed E-state index contributed by atoms with van der Waals surface area (Å²) in [5.74, 6) is 0. The molecule has 0 saturated heterocycles. The highest BCUT2D eigenvalue weighted by Gasteiger charge is 1.86. The van der Waals surface area contributed by atoms with Gasteiger partial charge in [0.15, 0.2) is 0 Å². The Morgan fingerprint density at radius 2 is 1.77 bits per heavy atom. The molecule has 0 aliphatic rings. The van der Waals surface area contributed by atoms with Crippen LogP contribution in [0.15, 0.2) is 36.5 Å². The van der Waals surface area contributed by atoms with Crippen molar-refractivity contribution in [3.63, 3.8) is 0 Å². The van der Waals surface area contributed by atoms with Crippen LogP contribution >= 0.6 is 0 Å². The van der Waals surface area contributed by atoms with Gasteiger partial charge in [-0.2, -0.15) is 0 Å². The van der Waals surface area contributed by atoms with Crippen molar-refractivity contribution in [1.82, 2.24) is 0 Å². The first-order valence-corrected chi connectivity index (χ1v) is 4.16. The number of benzene rings is 1. The van der Waals surface area contributed by atoms with Gasteiger partial charge in [-0.25, -0.2) is 0 Å². The molecule has 0 bridgehead atoms. The van der Waals surface area contributed by atoms with Gasteiger partial charge in [0.1, 0.15) is 0 Å². The lowest BCUT2D eigenvalue weighted by Gasteiger charge is -1.86. The van der Waals surface area contributed by atoms with Crippen molar-refractivity contribution in [3.05, 3.63) is 52.2 Å². The topological polar surface area (TPSA) is 43.1 Å². The van der Waals surface area contributed by atoms with E-state index >= 15 is 0 Å². The molecule has 0 amide bonds. The van der Waals surface area contributed by atoms with Crippen molar-refractivity contribution in [2.45, 2.75) is 13.8 Å². The van der Waals surface area contributed by atoms with E-state index in [1.54, 1.807) is 12.1 Å². The molecule has 0 aliphatic heterocycles. The van der Waals surface area contributed by atoms with Crippen LogP contribution < -0.4 is 0 Å². The Balaban J connectivity index is 0.000000671. The van der Waals surface area contributed by atoms with Crippen molar-refractivity contribution in [3.8, 4) is 0 Å². The van der Waals surface area contributed by atoms with E-state index in [0.717, 1.165) is 11.8 Å². The fraction of sp³-hybridized carbons (Fsp3) is 0.200. The minimum Gasteiger partial charge on any atom is -0.259 e. The minimum absolute atomic E-state index is 0.479. The van der Waals surface area contributed by atoms with Crippen molar-refractivity contribution in [1.29, 1.82) is 0 Å². The van der Waals surface area contributed by atoms with Crippen LogP contribution in [0.4, 0.5) is 0 Å². The normalized spacial score (nSPS) is 9.08. The molecule has 1 rings (SSSR count). The molecule has 0 atom stereocenters. The first-order chi connectivity index (χ1) is 6.29. The molecule has 13 heavy (non-hydrogen) atoms. The largest absolute Gasteiger partial charge is 0.259 e. The SMILES string of the molecule is CC.O=[N+]([O-])/C=C/c1ccccc1. The number of hydrogen-bond donors (Lipinski definition) is 0. The summed E-state index contributed by atoms with van der Waals surface area (Å²) in [6.45, 7) is 4.00. The van der Waals surface area contributed by atoms with Crippen molar-refractivity contribution >= 4 is 6.08 Å². The Morgan fingerprint density at radius 1 is 1.23 bits per heavy atom. The molecule has 1 aromatic carbocycles. The van der Waals surface area contributed by atoms with Crippen LogP contribution in [-0.4, -0.2) is 4.92 Å². The van der Waals surface area contributed by atoms with E-state index in [-0.39, 0.29) is 0 Å². The molecular formula is C10H13NO2. The Morgan fingerprint density at radius 3 is 2.23 bits per heavy atom. The van der Waals surface area contributed by atoms with Crippen LogP contribution in [0.1, 0.15) is 19.4 Å². The molecule has 0 aliphatic carbocycles. The quantitative estimate of drug-likeness (QED) is 0.517. The zero-order chi connectivity index (χ0) is 10.1. The van der Waals surface area contributed by atoms with Gasteiger partial charge in [0.05, 0.1) is 4.92 Å². The highest BCUT2D eigenvalue weighted by molar-refractivity contribution is 5.47. The van der Waals surface area contributed by atoms with Gasteiger partial charge in [-0.15, -0.1) is 0 Å². The summed E-state index contributed by atoms with van der Waals surface area (Å²) in [5, 5.41) is 9.89. The average molecular weight is 179 g/mol. The predicted molar refractivity (Wildman–Crippen MR) is 53.8 cm³/mol. The van der Waals surface area contributed by atoms with Gasteiger partial charge in [-0.3, -0.25) is 10.1 Å². The van der Waals surface area contributed by atoms with E-state index in [9.17, 15) is 10.1 Å². The maximum atomic E-state index is 9.89. The average Bonchev–Trinajstić information content (AvgIpc) is 2.19. The van der Waals surface area contributed by atoms with E-state index in [1.807, 2.05) is 32.0 Å². The summed E-state index contributed by atoms with van der Waals surface area (Å²) in [7, 11) is 0. The molecular weight excluding hydrogens is 166 g/mol. The summed E-state index contributed by atoms with van der Waals surface area (Å²) in [4.78, 5) is 9.41. The maximum absolute atomic E-state index is 9.89. The highest BCUT2D eigenvalue weighted by Crippen LogP contribution is 1.99. The second-order valence-corrected chi connectivity index (χ2v) is 2.01. The standard InChI is InChI=1S/C8H7NO2.C2H6/c10-9(11)7-6-8-4-2-1-3-5-8;1-2/h1-7H;1-2H3/b7-6+;. The number of hydrogen-bond acceptors (Lipinski definition) is 2. The third-order valence-corrected chi connectivity index (χ3v) is 1.19. The molecule has 0 aromatic heterocycles. The molecule has 0 N–H and O–H groups in total. The molecule has 3 nitrogen and oxygen atoms in total. The molecule has 1 aromatic rings. The van der Waals surface area contributed by atoms with E-state index in [4.69, 9.17) is 0 Å².